The highest BCUT2D eigenvalue weighted by Gasteiger charge is 2.30. The molecule has 0 heterocycles. The van der Waals surface area contributed by atoms with Crippen molar-refractivity contribution < 1.29 is 22.7 Å². The fourth-order valence-corrected chi connectivity index (χ4v) is 2.23. The zero-order valence-electron chi connectivity index (χ0n) is 13.9. The molecule has 2 aromatic rings. The van der Waals surface area contributed by atoms with Crippen LogP contribution in [0.25, 0.3) is 0 Å². The number of guanidine groups is 1. The lowest BCUT2D eigenvalue weighted by Crippen LogP contribution is -2.23. The number of benzene rings is 2. The minimum Gasteiger partial charge on any atom is -0.406 e. The van der Waals surface area contributed by atoms with Crippen molar-refractivity contribution in [1.82, 2.24) is 0 Å². The summed E-state index contributed by atoms with van der Waals surface area (Å²) in [6.07, 6.45) is -4.62. The van der Waals surface area contributed by atoms with Crippen LogP contribution >= 0.6 is 15.9 Å². The predicted octanol–water partition coefficient (Wildman–Crippen LogP) is 4.10. The first-order chi connectivity index (χ1) is 12.7. The van der Waals surface area contributed by atoms with Crippen LogP contribution in [-0.4, -0.2) is 24.8 Å². The smallest absolute Gasteiger partial charge is 0.406 e. The van der Waals surface area contributed by atoms with Crippen molar-refractivity contribution in [2.45, 2.75) is 12.8 Å². The minimum atomic E-state index is -4.74. The molecule has 2 rings (SSSR count). The van der Waals surface area contributed by atoms with Crippen molar-refractivity contribution in [2.24, 2.45) is 10.7 Å². The summed E-state index contributed by atoms with van der Waals surface area (Å²) in [6, 6.07) is 12.2. The number of halogens is 4. The Labute approximate surface area is 161 Å². The summed E-state index contributed by atoms with van der Waals surface area (Å²) in [4.78, 5) is 15.8. The number of nitrogens with one attached hydrogen (secondary N) is 2. The third-order valence-electron chi connectivity index (χ3n) is 3.11. The van der Waals surface area contributed by atoms with E-state index in [1.54, 1.807) is 24.3 Å². The van der Waals surface area contributed by atoms with Gasteiger partial charge in [-0.05, 0) is 48.5 Å². The Balaban J connectivity index is 1.78. The molecule has 0 aliphatic heterocycles. The van der Waals surface area contributed by atoms with E-state index in [-0.39, 0.29) is 30.6 Å². The maximum atomic E-state index is 12.1. The van der Waals surface area contributed by atoms with E-state index in [9.17, 15) is 18.0 Å². The standard InChI is InChI=1S/C17H16BrF3N4O2/c18-11-1-3-12(4-2-11)24-15(26)9-10-23-16(22)25-13-5-7-14(8-6-13)27-17(19,20)21/h1-8H,9-10H2,(H,24,26)(H3,22,23,25). The summed E-state index contributed by atoms with van der Waals surface area (Å²) in [7, 11) is 0. The van der Waals surface area contributed by atoms with Gasteiger partial charge in [0.15, 0.2) is 5.96 Å². The topological polar surface area (TPSA) is 88.7 Å². The highest BCUT2D eigenvalue weighted by molar-refractivity contribution is 9.10. The maximum absolute atomic E-state index is 12.1. The van der Waals surface area contributed by atoms with Gasteiger partial charge in [0.25, 0.3) is 0 Å². The second-order valence-corrected chi connectivity index (χ2v) is 6.18. The van der Waals surface area contributed by atoms with Gasteiger partial charge in [0.2, 0.25) is 5.91 Å². The Hall–Kier alpha value is -2.75. The van der Waals surface area contributed by atoms with E-state index in [2.05, 4.69) is 36.3 Å². The van der Waals surface area contributed by atoms with Gasteiger partial charge in [-0.1, -0.05) is 15.9 Å². The molecule has 0 saturated carbocycles. The third-order valence-corrected chi connectivity index (χ3v) is 3.64. The monoisotopic (exact) mass is 444 g/mol. The minimum absolute atomic E-state index is 0.0379. The molecule has 0 fully saturated rings. The lowest BCUT2D eigenvalue weighted by molar-refractivity contribution is -0.274. The van der Waals surface area contributed by atoms with Crippen LogP contribution < -0.4 is 21.1 Å². The molecule has 2 aromatic carbocycles. The maximum Gasteiger partial charge on any atom is 0.573 e. The molecular weight excluding hydrogens is 429 g/mol. The Morgan fingerprint density at radius 2 is 1.59 bits per heavy atom. The average Bonchev–Trinajstić information content (AvgIpc) is 2.57. The van der Waals surface area contributed by atoms with Gasteiger partial charge in [0, 0.05) is 22.3 Å². The van der Waals surface area contributed by atoms with Gasteiger partial charge in [-0.25, -0.2) is 0 Å². The number of hydrogen-bond donors (Lipinski definition) is 3. The number of aliphatic imine (C=N–C) groups is 1. The van der Waals surface area contributed by atoms with Crippen molar-refractivity contribution in [3.63, 3.8) is 0 Å². The molecule has 144 valence electrons. The summed E-state index contributed by atoms with van der Waals surface area (Å²) in [5.41, 5.74) is 6.79. The predicted molar refractivity (Wildman–Crippen MR) is 101 cm³/mol. The van der Waals surface area contributed by atoms with Gasteiger partial charge in [0.1, 0.15) is 5.75 Å². The van der Waals surface area contributed by atoms with Crippen LogP contribution in [0.2, 0.25) is 0 Å². The molecule has 6 nitrogen and oxygen atoms in total. The number of nitrogens with zero attached hydrogens (tertiary/aromatic N) is 1. The zero-order chi connectivity index (χ0) is 19.9. The van der Waals surface area contributed by atoms with E-state index in [4.69, 9.17) is 5.73 Å². The van der Waals surface area contributed by atoms with E-state index in [1.165, 1.54) is 12.1 Å². The molecule has 4 N–H and O–H groups in total. The largest absolute Gasteiger partial charge is 0.573 e. The lowest BCUT2D eigenvalue weighted by Gasteiger charge is -2.10. The number of amides is 1. The van der Waals surface area contributed by atoms with E-state index in [1.807, 2.05) is 0 Å². The summed E-state index contributed by atoms with van der Waals surface area (Å²) >= 11 is 3.31. The molecule has 0 unspecified atom stereocenters. The Bertz CT molecular complexity index is 793. The number of nitrogens with two attached hydrogens (primary N) is 1. The number of ether oxygens (including phenoxy) is 1. The van der Waals surface area contributed by atoms with Crippen molar-refractivity contribution in [3.8, 4) is 5.75 Å². The van der Waals surface area contributed by atoms with Crippen molar-refractivity contribution in [3.05, 3.63) is 53.0 Å². The molecule has 0 radical (unpaired) electrons. The van der Waals surface area contributed by atoms with Crippen LogP contribution in [0.3, 0.4) is 0 Å². The number of rotatable bonds is 6. The highest BCUT2D eigenvalue weighted by Crippen LogP contribution is 2.23. The average molecular weight is 445 g/mol. The molecule has 0 aliphatic carbocycles. The molecule has 0 saturated heterocycles. The van der Waals surface area contributed by atoms with E-state index in [0.29, 0.717) is 11.4 Å². The van der Waals surface area contributed by atoms with Crippen LogP contribution in [0.5, 0.6) is 5.75 Å². The summed E-state index contributed by atoms with van der Waals surface area (Å²) < 4.78 is 41.0. The second kappa shape index (κ2) is 9.26. The van der Waals surface area contributed by atoms with E-state index >= 15 is 0 Å². The molecule has 0 aromatic heterocycles. The van der Waals surface area contributed by atoms with Crippen LogP contribution in [-0.2, 0) is 4.79 Å². The first-order valence-corrected chi connectivity index (χ1v) is 8.49. The van der Waals surface area contributed by atoms with Gasteiger partial charge < -0.3 is 21.1 Å². The Morgan fingerprint density at radius 3 is 2.19 bits per heavy atom. The number of alkyl halides is 3. The SMILES string of the molecule is NC(=NCCC(=O)Nc1ccc(Br)cc1)Nc1ccc(OC(F)(F)F)cc1. The van der Waals surface area contributed by atoms with Crippen LogP contribution in [0.1, 0.15) is 6.42 Å². The van der Waals surface area contributed by atoms with E-state index < -0.39 is 6.36 Å². The van der Waals surface area contributed by atoms with Crippen LogP contribution in [0.15, 0.2) is 58.0 Å². The molecule has 1 amide bonds. The normalized spacial score (nSPS) is 11.8. The third kappa shape index (κ3) is 7.99. The van der Waals surface area contributed by atoms with Crippen LogP contribution in [0, 0.1) is 0 Å². The van der Waals surface area contributed by atoms with Crippen molar-refractivity contribution in [2.75, 3.05) is 17.2 Å². The molecule has 0 spiro atoms. The first-order valence-electron chi connectivity index (χ1n) is 7.69. The van der Waals surface area contributed by atoms with Crippen molar-refractivity contribution in [1.29, 1.82) is 0 Å². The molecule has 0 atom stereocenters. The fourth-order valence-electron chi connectivity index (χ4n) is 1.96. The summed E-state index contributed by atoms with van der Waals surface area (Å²) in [6.45, 7) is 0.149. The fraction of sp³-hybridized carbons (Fsp3) is 0.176. The second-order valence-electron chi connectivity index (χ2n) is 5.27. The quantitative estimate of drug-likeness (QED) is 0.462. The number of carbonyl (C=O) groups excluding carboxylic acids is 1. The lowest BCUT2D eigenvalue weighted by atomic mass is 10.3. The number of anilines is 2. The molecule has 10 heteroatoms. The van der Waals surface area contributed by atoms with Crippen LogP contribution in [0.4, 0.5) is 24.5 Å². The number of hydrogen-bond acceptors (Lipinski definition) is 3. The number of carbonyl (C=O) groups is 1. The zero-order valence-corrected chi connectivity index (χ0v) is 15.5. The summed E-state index contributed by atoms with van der Waals surface area (Å²) in [5, 5.41) is 5.44. The molecular formula is C17H16BrF3N4O2. The van der Waals surface area contributed by atoms with Gasteiger partial charge in [0.05, 0.1) is 6.54 Å². The van der Waals surface area contributed by atoms with E-state index in [0.717, 1.165) is 16.6 Å². The molecule has 0 aliphatic rings. The van der Waals surface area contributed by atoms with Crippen molar-refractivity contribution >= 4 is 39.2 Å². The summed E-state index contributed by atoms with van der Waals surface area (Å²) in [5.74, 6) is -0.522. The molecule has 27 heavy (non-hydrogen) atoms. The van der Waals surface area contributed by atoms with Gasteiger partial charge >= 0.3 is 6.36 Å². The first kappa shape index (κ1) is 20.6. The van der Waals surface area contributed by atoms with Gasteiger partial charge in [-0.3, -0.25) is 9.79 Å². The highest BCUT2D eigenvalue weighted by atomic mass is 79.9. The Kier molecular flexibility index (Phi) is 7.05. The molecule has 0 bridgehead atoms. The van der Waals surface area contributed by atoms with Gasteiger partial charge in [-0.2, -0.15) is 0 Å². The Morgan fingerprint density at radius 1 is 1.04 bits per heavy atom. The van der Waals surface area contributed by atoms with Gasteiger partial charge in [-0.15, -0.1) is 13.2 Å².